The maximum Gasteiger partial charge on any atom is -0.0320 e. The number of allylic oxidation sites excluding steroid dienone is 4. The number of rotatable bonds is 16. The summed E-state index contributed by atoms with van der Waals surface area (Å²) in [6.45, 7) is 2.29. The number of hydrogen-bond acceptors (Lipinski definition) is 0. The van der Waals surface area contributed by atoms with Gasteiger partial charge in [-0.1, -0.05) is 88.5 Å². The van der Waals surface area contributed by atoms with E-state index in [9.17, 15) is 0 Å². The molecule has 0 fully saturated rings. The van der Waals surface area contributed by atoms with Crippen molar-refractivity contribution in [3.05, 3.63) is 23.8 Å². The van der Waals surface area contributed by atoms with Crippen molar-refractivity contribution in [2.75, 3.05) is 0 Å². The highest BCUT2D eigenvalue weighted by molar-refractivity contribution is 5.04. The lowest BCUT2D eigenvalue weighted by Gasteiger charge is -2.12. The third kappa shape index (κ3) is 13.9. The molecule has 0 saturated carbocycles. The average molecular weight is 333 g/mol. The van der Waals surface area contributed by atoms with Gasteiger partial charge in [0.2, 0.25) is 0 Å². The van der Waals surface area contributed by atoms with Crippen molar-refractivity contribution < 1.29 is 0 Å². The summed E-state index contributed by atoms with van der Waals surface area (Å²) in [6.07, 6.45) is 34.1. The third-order valence-corrected chi connectivity index (χ3v) is 5.39. The van der Waals surface area contributed by atoms with Gasteiger partial charge in [-0.2, -0.15) is 0 Å². The Kier molecular flexibility index (Phi) is 15.5. The Bertz CT molecular complexity index is 310. The fraction of sp³-hybridized carbons (Fsp3) is 0.833. The van der Waals surface area contributed by atoms with Crippen molar-refractivity contribution in [3.8, 4) is 0 Å². The minimum absolute atomic E-state index is 1.31. The molecule has 1 aliphatic carbocycles. The molecule has 0 aromatic rings. The van der Waals surface area contributed by atoms with Gasteiger partial charge in [-0.3, -0.25) is 0 Å². The van der Waals surface area contributed by atoms with Crippen LogP contribution in [0.2, 0.25) is 0 Å². The highest BCUT2D eigenvalue weighted by Crippen LogP contribution is 2.22. The zero-order valence-corrected chi connectivity index (χ0v) is 16.7. The van der Waals surface area contributed by atoms with Crippen LogP contribution >= 0.6 is 0 Å². The first-order chi connectivity index (χ1) is 11.9. The molecule has 0 spiro atoms. The molecular weight excluding hydrogens is 288 g/mol. The maximum atomic E-state index is 2.51. The predicted molar refractivity (Wildman–Crippen MR) is 111 cm³/mol. The van der Waals surface area contributed by atoms with E-state index in [1.54, 1.807) is 5.57 Å². The van der Waals surface area contributed by atoms with Gasteiger partial charge in [0.1, 0.15) is 0 Å². The molecular formula is C24H44. The second-order valence-electron chi connectivity index (χ2n) is 7.80. The van der Waals surface area contributed by atoms with Crippen molar-refractivity contribution in [1.82, 2.24) is 0 Å². The van der Waals surface area contributed by atoms with Crippen LogP contribution in [0, 0.1) is 0 Å². The highest BCUT2D eigenvalue weighted by atomic mass is 14.1. The van der Waals surface area contributed by atoms with E-state index in [-0.39, 0.29) is 0 Å². The molecule has 140 valence electrons. The van der Waals surface area contributed by atoms with Crippen LogP contribution in [0.25, 0.3) is 0 Å². The van der Waals surface area contributed by atoms with Crippen molar-refractivity contribution in [2.24, 2.45) is 0 Å². The lowest BCUT2D eigenvalue weighted by atomic mass is 9.95. The van der Waals surface area contributed by atoms with Gasteiger partial charge in [-0.05, 0) is 64.2 Å². The molecule has 0 saturated heterocycles. The van der Waals surface area contributed by atoms with E-state index >= 15 is 0 Å². The van der Waals surface area contributed by atoms with Crippen molar-refractivity contribution >= 4 is 0 Å². The first kappa shape index (κ1) is 21.5. The molecule has 1 rings (SSSR count). The van der Waals surface area contributed by atoms with Crippen LogP contribution in [0.15, 0.2) is 23.8 Å². The number of unbranched alkanes of at least 4 members (excludes halogenated alkanes) is 12. The molecule has 0 atom stereocenters. The van der Waals surface area contributed by atoms with E-state index in [0.29, 0.717) is 0 Å². The quantitative estimate of drug-likeness (QED) is 0.195. The summed E-state index contributed by atoms with van der Waals surface area (Å²) in [4.78, 5) is 0. The summed E-state index contributed by atoms with van der Waals surface area (Å²) in [5.74, 6) is 0. The van der Waals surface area contributed by atoms with E-state index < -0.39 is 0 Å². The Balaban J connectivity index is 1.74. The first-order valence-corrected chi connectivity index (χ1v) is 11.3. The summed E-state index contributed by atoms with van der Waals surface area (Å²) in [6, 6.07) is 0. The minimum atomic E-state index is 1.31. The average Bonchev–Trinajstić information content (AvgIpc) is 2.62. The van der Waals surface area contributed by atoms with Crippen LogP contribution in [-0.2, 0) is 0 Å². The Morgan fingerprint density at radius 3 is 1.88 bits per heavy atom. The topological polar surface area (TPSA) is 0 Å². The van der Waals surface area contributed by atoms with Gasteiger partial charge >= 0.3 is 0 Å². The summed E-state index contributed by atoms with van der Waals surface area (Å²) >= 11 is 0. The number of hydrogen-bond donors (Lipinski definition) is 0. The summed E-state index contributed by atoms with van der Waals surface area (Å²) in [5.41, 5.74) is 1.76. The Hall–Kier alpha value is -0.520. The van der Waals surface area contributed by atoms with Gasteiger partial charge in [0.05, 0.1) is 0 Å². The normalized spacial score (nSPS) is 15.1. The van der Waals surface area contributed by atoms with Gasteiger partial charge in [0, 0.05) is 0 Å². The van der Waals surface area contributed by atoms with Crippen LogP contribution in [-0.4, -0.2) is 0 Å². The molecule has 0 N–H and O–H groups in total. The largest absolute Gasteiger partial charge is 0.0885 e. The molecule has 0 aliphatic heterocycles. The highest BCUT2D eigenvalue weighted by Gasteiger charge is 2.02. The molecule has 0 heteroatoms. The molecule has 24 heavy (non-hydrogen) atoms. The zero-order valence-electron chi connectivity index (χ0n) is 16.7. The fourth-order valence-corrected chi connectivity index (χ4v) is 3.73. The summed E-state index contributed by atoms with van der Waals surface area (Å²) in [5, 5.41) is 0. The lowest BCUT2D eigenvalue weighted by molar-refractivity contribution is 0.582. The van der Waals surface area contributed by atoms with Gasteiger partial charge in [-0.15, -0.1) is 0 Å². The molecule has 0 heterocycles. The van der Waals surface area contributed by atoms with Crippen molar-refractivity contribution in [2.45, 2.75) is 129 Å². The van der Waals surface area contributed by atoms with E-state index in [1.807, 2.05) is 0 Å². The fourth-order valence-electron chi connectivity index (χ4n) is 3.73. The summed E-state index contributed by atoms with van der Waals surface area (Å²) < 4.78 is 0. The minimum Gasteiger partial charge on any atom is -0.0885 e. The lowest BCUT2D eigenvalue weighted by Crippen LogP contribution is -1.92. The van der Waals surface area contributed by atoms with E-state index in [2.05, 4.69) is 25.2 Å². The van der Waals surface area contributed by atoms with Crippen molar-refractivity contribution in [1.29, 1.82) is 0 Å². The summed E-state index contributed by atoms with van der Waals surface area (Å²) in [7, 11) is 0. The molecule has 1 aliphatic rings. The molecule has 0 nitrogen and oxygen atoms in total. The van der Waals surface area contributed by atoms with Gasteiger partial charge in [0.25, 0.3) is 0 Å². The van der Waals surface area contributed by atoms with Crippen LogP contribution in [0.5, 0.6) is 0 Å². The van der Waals surface area contributed by atoms with E-state index in [4.69, 9.17) is 0 Å². The monoisotopic (exact) mass is 332 g/mol. The standard InChI is InChI=1S/C24H44/c1-2-3-4-5-6-7-8-9-10-11-12-13-14-15-16-18-21-24-22-19-17-20-23-24/h9-10,22H,2-8,11-21,23H2,1H3. The molecule has 0 bridgehead atoms. The maximum absolute atomic E-state index is 2.51. The molecule has 0 amide bonds. The first-order valence-electron chi connectivity index (χ1n) is 11.3. The third-order valence-electron chi connectivity index (χ3n) is 5.39. The predicted octanol–water partition coefficient (Wildman–Crippen LogP) is 8.91. The second-order valence-corrected chi connectivity index (χ2v) is 7.80. The SMILES string of the molecule is CCCCCCCCC=CCCCCCCCCC1=CCCCC1. The van der Waals surface area contributed by atoms with Crippen molar-refractivity contribution in [3.63, 3.8) is 0 Å². The van der Waals surface area contributed by atoms with Crippen LogP contribution in [0.4, 0.5) is 0 Å². The Morgan fingerprint density at radius 2 is 1.29 bits per heavy atom. The molecule has 0 aromatic carbocycles. The molecule has 0 unspecified atom stereocenters. The molecule has 0 aromatic heterocycles. The van der Waals surface area contributed by atoms with E-state index in [0.717, 1.165) is 0 Å². The van der Waals surface area contributed by atoms with Gasteiger partial charge in [0.15, 0.2) is 0 Å². The van der Waals surface area contributed by atoms with Crippen LogP contribution in [0.3, 0.4) is 0 Å². The molecule has 0 radical (unpaired) electrons. The Labute approximate surface area is 153 Å². The second kappa shape index (κ2) is 17.3. The van der Waals surface area contributed by atoms with Crippen LogP contribution < -0.4 is 0 Å². The van der Waals surface area contributed by atoms with E-state index in [1.165, 1.54) is 122 Å². The smallest absolute Gasteiger partial charge is 0.0320 e. The van der Waals surface area contributed by atoms with Gasteiger partial charge in [-0.25, -0.2) is 0 Å². The zero-order chi connectivity index (χ0) is 17.1. The Morgan fingerprint density at radius 1 is 0.708 bits per heavy atom. The van der Waals surface area contributed by atoms with Crippen LogP contribution in [0.1, 0.15) is 129 Å². The van der Waals surface area contributed by atoms with Gasteiger partial charge < -0.3 is 0 Å².